The molecule has 0 N–H and O–H groups in total. The first kappa shape index (κ1) is 18.8. The Hall–Kier alpha value is -4.01. The molecule has 0 saturated heterocycles. The van der Waals surface area contributed by atoms with E-state index in [0.29, 0.717) is 11.3 Å². The summed E-state index contributed by atoms with van der Waals surface area (Å²) in [6.07, 6.45) is 1.43. The number of benzene rings is 2. The molecule has 1 aliphatic heterocycles. The second-order valence-electron chi connectivity index (χ2n) is 5.61. The summed E-state index contributed by atoms with van der Waals surface area (Å²) in [5, 5.41) is 11.2. The Kier molecular flexibility index (Phi) is 5.16. The molecule has 2 aromatic carbocycles. The van der Waals surface area contributed by atoms with Gasteiger partial charge in [0.05, 0.1) is 12.0 Å². The van der Waals surface area contributed by atoms with E-state index < -0.39 is 16.9 Å². The van der Waals surface area contributed by atoms with Crippen LogP contribution < -0.4 is 9.47 Å². The summed E-state index contributed by atoms with van der Waals surface area (Å²) in [5.74, 6) is -0.861. The highest BCUT2D eigenvalue weighted by Crippen LogP contribution is 2.30. The topological polar surface area (TPSA) is 117 Å². The summed E-state index contributed by atoms with van der Waals surface area (Å²) in [4.78, 5) is 37.9. The number of nitrogens with zero attached hydrogens (tertiary/aromatic N) is 2. The molecule has 0 saturated carbocycles. The summed E-state index contributed by atoms with van der Waals surface area (Å²) in [6.45, 7) is 1.27. The van der Waals surface area contributed by atoms with Crippen LogP contribution in [-0.4, -0.2) is 29.9 Å². The molecule has 9 nitrogen and oxygen atoms in total. The van der Waals surface area contributed by atoms with E-state index in [-0.39, 0.29) is 28.6 Å². The Balaban J connectivity index is 1.96. The van der Waals surface area contributed by atoms with Crippen LogP contribution in [0.25, 0.3) is 6.08 Å². The fourth-order valence-corrected chi connectivity index (χ4v) is 2.51. The van der Waals surface area contributed by atoms with Crippen molar-refractivity contribution >= 4 is 29.6 Å². The van der Waals surface area contributed by atoms with Crippen LogP contribution in [0, 0.1) is 10.1 Å². The number of rotatable bonds is 5. The van der Waals surface area contributed by atoms with Crippen LogP contribution in [-0.2, 0) is 14.3 Å². The molecule has 3 rings (SSSR count). The Bertz CT molecular complexity index is 1040. The molecule has 2 aromatic rings. The van der Waals surface area contributed by atoms with Crippen LogP contribution in [0.4, 0.5) is 5.69 Å². The number of nitro groups is 1. The Labute approximate surface area is 159 Å². The van der Waals surface area contributed by atoms with E-state index in [0.717, 1.165) is 0 Å². The predicted molar refractivity (Wildman–Crippen MR) is 98.0 cm³/mol. The normalized spacial score (nSPS) is 14.4. The highest BCUT2D eigenvalue weighted by atomic mass is 16.6. The highest BCUT2D eigenvalue weighted by molar-refractivity contribution is 6.14. The van der Waals surface area contributed by atoms with Gasteiger partial charge in [-0.15, -0.1) is 0 Å². The zero-order chi connectivity index (χ0) is 20.3. The van der Waals surface area contributed by atoms with Crippen molar-refractivity contribution in [3.8, 4) is 11.5 Å². The van der Waals surface area contributed by atoms with Gasteiger partial charge < -0.3 is 14.2 Å². The number of methoxy groups -OCH3 is 1. The largest absolute Gasteiger partial charge is 0.493 e. The maximum atomic E-state index is 12.1. The minimum atomic E-state index is -0.740. The molecule has 0 aromatic heterocycles. The predicted octanol–water partition coefficient (Wildman–Crippen LogP) is 2.87. The summed E-state index contributed by atoms with van der Waals surface area (Å²) < 4.78 is 15.3. The molecule has 0 atom stereocenters. The fraction of sp³-hybridized carbons (Fsp3) is 0.105. The van der Waals surface area contributed by atoms with Crippen molar-refractivity contribution in [2.75, 3.05) is 7.11 Å². The van der Waals surface area contributed by atoms with Crippen LogP contribution in [0.15, 0.2) is 53.2 Å². The first-order valence-electron chi connectivity index (χ1n) is 8.02. The molecule has 142 valence electrons. The second-order valence-corrected chi connectivity index (χ2v) is 5.61. The third-order valence-electron chi connectivity index (χ3n) is 3.70. The lowest BCUT2D eigenvalue weighted by Gasteiger charge is -2.08. The molecule has 0 fully saturated rings. The van der Waals surface area contributed by atoms with E-state index in [1.807, 2.05) is 0 Å². The number of aliphatic imine (C=N–C) groups is 1. The Morgan fingerprint density at radius 3 is 2.64 bits per heavy atom. The van der Waals surface area contributed by atoms with E-state index in [2.05, 4.69) is 4.99 Å². The average molecular weight is 382 g/mol. The van der Waals surface area contributed by atoms with Crippen molar-refractivity contribution in [1.29, 1.82) is 0 Å². The average Bonchev–Trinajstić information content (AvgIpc) is 3.02. The van der Waals surface area contributed by atoms with E-state index >= 15 is 0 Å². The number of cyclic esters (lactones) is 1. The van der Waals surface area contributed by atoms with Crippen molar-refractivity contribution in [3.05, 3.63) is 69.4 Å². The van der Waals surface area contributed by atoms with E-state index in [1.165, 1.54) is 44.4 Å². The lowest BCUT2D eigenvalue weighted by molar-refractivity contribution is -0.385. The number of hydrogen-bond acceptors (Lipinski definition) is 8. The van der Waals surface area contributed by atoms with Crippen molar-refractivity contribution in [3.63, 3.8) is 0 Å². The molecular weight excluding hydrogens is 368 g/mol. The monoisotopic (exact) mass is 382 g/mol. The lowest BCUT2D eigenvalue weighted by atomic mass is 10.1. The smallest absolute Gasteiger partial charge is 0.363 e. The Morgan fingerprint density at radius 1 is 1.21 bits per heavy atom. The first-order valence-corrected chi connectivity index (χ1v) is 8.02. The molecule has 1 aliphatic rings. The number of nitro benzene ring substituents is 1. The second kappa shape index (κ2) is 7.70. The molecule has 9 heteroatoms. The number of carbonyl (C=O) groups is 2. The molecule has 0 bridgehead atoms. The van der Waals surface area contributed by atoms with Gasteiger partial charge in [-0.25, -0.2) is 9.79 Å². The minimum absolute atomic E-state index is 0.0320. The molecule has 0 amide bonds. The van der Waals surface area contributed by atoms with Crippen LogP contribution in [0.5, 0.6) is 11.5 Å². The number of carbonyl (C=O) groups excluding carboxylic acids is 2. The van der Waals surface area contributed by atoms with Crippen molar-refractivity contribution in [2.24, 2.45) is 4.99 Å². The molecule has 1 heterocycles. The third kappa shape index (κ3) is 3.88. The molecule has 0 aliphatic carbocycles. The van der Waals surface area contributed by atoms with Crippen molar-refractivity contribution < 1.29 is 28.7 Å². The zero-order valence-electron chi connectivity index (χ0n) is 14.9. The van der Waals surface area contributed by atoms with Gasteiger partial charge in [0.25, 0.3) is 5.69 Å². The summed E-state index contributed by atoms with van der Waals surface area (Å²) in [7, 11) is 1.41. The van der Waals surface area contributed by atoms with E-state index in [9.17, 15) is 19.7 Å². The van der Waals surface area contributed by atoms with Gasteiger partial charge in [0.1, 0.15) is 5.56 Å². The van der Waals surface area contributed by atoms with Gasteiger partial charge in [-0.05, 0) is 29.8 Å². The molecule has 0 spiro atoms. The third-order valence-corrected chi connectivity index (χ3v) is 3.70. The number of para-hydroxylation sites is 1. The van der Waals surface area contributed by atoms with Gasteiger partial charge in [0, 0.05) is 13.0 Å². The highest BCUT2D eigenvalue weighted by Gasteiger charge is 2.29. The summed E-state index contributed by atoms with van der Waals surface area (Å²) in [6, 6.07) is 10.5. The quantitative estimate of drug-likeness (QED) is 0.256. The molecular formula is C19H14N2O7. The van der Waals surface area contributed by atoms with Gasteiger partial charge in [-0.2, -0.15) is 0 Å². The number of hydrogen-bond donors (Lipinski definition) is 0. The first-order chi connectivity index (χ1) is 13.4. The fourth-order valence-electron chi connectivity index (χ4n) is 2.51. The van der Waals surface area contributed by atoms with Crippen LogP contribution >= 0.6 is 0 Å². The zero-order valence-corrected chi connectivity index (χ0v) is 14.9. The summed E-state index contributed by atoms with van der Waals surface area (Å²) in [5.41, 5.74) is 0.387. The molecule has 0 radical (unpaired) electrons. The molecule has 0 unspecified atom stereocenters. The molecule has 28 heavy (non-hydrogen) atoms. The maximum absolute atomic E-state index is 12.1. The van der Waals surface area contributed by atoms with Crippen LogP contribution in [0.2, 0.25) is 0 Å². The van der Waals surface area contributed by atoms with Crippen molar-refractivity contribution in [2.45, 2.75) is 6.92 Å². The minimum Gasteiger partial charge on any atom is -0.493 e. The van der Waals surface area contributed by atoms with Crippen molar-refractivity contribution in [1.82, 2.24) is 0 Å². The van der Waals surface area contributed by atoms with Crippen LogP contribution in [0.3, 0.4) is 0 Å². The summed E-state index contributed by atoms with van der Waals surface area (Å²) >= 11 is 0. The van der Waals surface area contributed by atoms with E-state index in [4.69, 9.17) is 14.2 Å². The van der Waals surface area contributed by atoms with E-state index in [1.54, 1.807) is 18.2 Å². The van der Waals surface area contributed by atoms with Crippen LogP contribution in [0.1, 0.15) is 18.1 Å². The standard InChI is InChI=1S/C19H14N2O7/c1-11(22)27-16-8-7-12(10-17(16)26-2)9-14-19(23)28-18(20-14)13-5-3-4-6-15(13)21(24)25/h3-10H,1-2H3/b14-9-. The van der Waals surface area contributed by atoms with Gasteiger partial charge >= 0.3 is 11.9 Å². The number of esters is 2. The Morgan fingerprint density at radius 2 is 1.96 bits per heavy atom. The van der Waals surface area contributed by atoms with Gasteiger partial charge in [-0.1, -0.05) is 18.2 Å². The maximum Gasteiger partial charge on any atom is 0.363 e. The lowest BCUT2D eigenvalue weighted by Crippen LogP contribution is -2.07. The number of ether oxygens (including phenoxy) is 3. The van der Waals surface area contributed by atoms with Gasteiger partial charge in [0.2, 0.25) is 5.90 Å². The van der Waals surface area contributed by atoms with Gasteiger partial charge in [0.15, 0.2) is 17.2 Å². The van der Waals surface area contributed by atoms with Gasteiger partial charge in [-0.3, -0.25) is 14.9 Å². The SMILES string of the molecule is COc1cc(/C=C2\N=C(c3ccccc3[N+](=O)[O-])OC2=O)ccc1OC(C)=O.